The Labute approximate surface area is 125 Å². The zero-order valence-corrected chi connectivity index (χ0v) is 13.4. The third-order valence-corrected chi connectivity index (χ3v) is 3.69. The van der Waals surface area contributed by atoms with Gasteiger partial charge in [-0.05, 0) is 40.7 Å². The topological polar surface area (TPSA) is 64.7 Å². The van der Waals surface area contributed by atoms with E-state index in [2.05, 4.69) is 22.4 Å². The first kappa shape index (κ1) is 15.3. The second-order valence-corrected chi connectivity index (χ2v) is 5.13. The highest BCUT2D eigenvalue weighted by Crippen LogP contribution is 2.13. The molecule has 0 aliphatic rings. The molecule has 0 saturated heterocycles. The SMILES string of the molecule is CCn1nc(C)cc1C(=O)NCc1c(C)nn(CC)c1C. The number of nitrogens with zero attached hydrogens (tertiary/aromatic N) is 4. The molecule has 2 aromatic heterocycles. The van der Waals surface area contributed by atoms with Crippen LogP contribution in [0.5, 0.6) is 0 Å². The molecule has 0 spiro atoms. The van der Waals surface area contributed by atoms with Crippen LogP contribution in [-0.2, 0) is 19.6 Å². The van der Waals surface area contributed by atoms with Crippen molar-refractivity contribution in [1.29, 1.82) is 0 Å². The van der Waals surface area contributed by atoms with E-state index in [0.29, 0.717) is 18.8 Å². The van der Waals surface area contributed by atoms with E-state index in [4.69, 9.17) is 0 Å². The summed E-state index contributed by atoms with van der Waals surface area (Å²) in [4.78, 5) is 12.3. The summed E-state index contributed by atoms with van der Waals surface area (Å²) in [6.45, 7) is 11.9. The van der Waals surface area contributed by atoms with Crippen LogP contribution in [0.15, 0.2) is 6.07 Å². The highest BCUT2D eigenvalue weighted by Gasteiger charge is 2.15. The first-order valence-corrected chi connectivity index (χ1v) is 7.33. The van der Waals surface area contributed by atoms with Gasteiger partial charge in [0, 0.05) is 30.9 Å². The molecule has 0 bridgehead atoms. The van der Waals surface area contributed by atoms with E-state index in [1.54, 1.807) is 4.68 Å². The molecule has 6 nitrogen and oxygen atoms in total. The number of aryl methyl sites for hydroxylation is 4. The molecule has 0 aromatic carbocycles. The number of rotatable bonds is 5. The molecule has 0 saturated carbocycles. The van der Waals surface area contributed by atoms with Gasteiger partial charge in [0.1, 0.15) is 5.69 Å². The van der Waals surface area contributed by atoms with Gasteiger partial charge in [-0.1, -0.05) is 0 Å². The molecular weight excluding hydrogens is 266 g/mol. The quantitative estimate of drug-likeness (QED) is 0.915. The molecule has 1 amide bonds. The number of aromatic nitrogens is 4. The predicted molar refractivity (Wildman–Crippen MR) is 81.2 cm³/mol. The van der Waals surface area contributed by atoms with E-state index >= 15 is 0 Å². The molecule has 0 aliphatic heterocycles. The highest BCUT2D eigenvalue weighted by atomic mass is 16.2. The van der Waals surface area contributed by atoms with Crippen molar-refractivity contribution in [2.75, 3.05) is 0 Å². The molecule has 21 heavy (non-hydrogen) atoms. The maximum atomic E-state index is 12.3. The molecule has 6 heteroatoms. The fourth-order valence-corrected chi connectivity index (χ4v) is 2.53. The molecule has 0 fully saturated rings. The normalized spacial score (nSPS) is 10.9. The average Bonchev–Trinajstić information content (AvgIpc) is 2.97. The van der Waals surface area contributed by atoms with E-state index in [9.17, 15) is 4.79 Å². The Morgan fingerprint density at radius 1 is 1.14 bits per heavy atom. The van der Waals surface area contributed by atoms with Gasteiger partial charge in [-0.3, -0.25) is 14.2 Å². The van der Waals surface area contributed by atoms with Crippen LogP contribution in [0.25, 0.3) is 0 Å². The van der Waals surface area contributed by atoms with Crippen LogP contribution in [0.4, 0.5) is 0 Å². The van der Waals surface area contributed by atoms with E-state index < -0.39 is 0 Å². The van der Waals surface area contributed by atoms with Crippen molar-refractivity contribution >= 4 is 5.91 Å². The smallest absolute Gasteiger partial charge is 0.269 e. The Morgan fingerprint density at radius 3 is 2.38 bits per heavy atom. The fourth-order valence-electron chi connectivity index (χ4n) is 2.53. The van der Waals surface area contributed by atoms with Crippen LogP contribution in [0.1, 0.15) is 47.0 Å². The molecule has 0 atom stereocenters. The summed E-state index contributed by atoms with van der Waals surface area (Å²) in [6, 6.07) is 1.81. The van der Waals surface area contributed by atoms with Crippen LogP contribution >= 0.6 is 0 Å². The number of nitrogens with one attached hydrogen (secondary N) is 1. The van der Waals surface area contributed by atoms with Gasteiger partial charge in [0.25, 0.3) is 5.91 Å². The van der Waals surface area contributed by atoms with Crippen molar-refractivity contribution in [3.8, 4) is 0 Å². The molecule has 0 radical (unpaired) electrons. The van der Waals surface area contributed by atoms with Gasteiger partial charge in [0.2, 0.25) is 0 Å². The molecule has 2 rings (SSSR count). The monoisotopic (exact) mass is 289 g/mol. The fraction of sp³-hybridized carbons (Fsp3) is 0.533. The number of carbonyl (C=O) groups is 1. The number of carbonyl (C=O) groups excluding carboxylic acids is 1. The van der Waals surface area contributed by atoms with Crippen LogP contribution in [0.2, 0.25) is 0 Å². The van der Waals surface area contributed by atoms with Crippen molar-refractivity contribution in [2.45, 2.75) is 54.3 Å². The van der Waals surface area contributed by atoms with E-state index in [1.165, 1.54) is 0 Å². The minimum absolute atomic E-state index is 0.0968. The van der Waals surface area contributed by atoms with Crippen LogP contribution < -0.4 is 5.32 Å². The summed E-state index contributed by atoms with van der Waals surface area (Å²) in [5.41, 5.74) is 4.62. The Balaban J connectivity index is 2.13. The number of amides is 1. The zero-order valence-electron chi connectivity index (χ0n) is 13.4. The van der Waals surface area contributed by atoms with E-state index in [1.807, 2.05) is 38.4 Å². The first-order chi connectivity index (χ1) is 9.97. The zero-order chi connectivity index (χ0) is 15.6. The van der Waals surface area contributed by atoms with Gasteiger partial charge in [-0.15, -0.1) is 0 Å². The Kier molecular flexibility index (Phi) is 4.45. The first-order valence-electron chi connectivity index (χ1n) is 7.33. The van der Waals surface area contributed by atoms with Crippen LogP contribution in [0, 0.1) is 20.8 Å². The molecule has 114 valence electrons. The van der Waals surface area contributed by atoms with Crippen molar-refractivity contribution in [2.24, 2.45) is 0 Å². The van der Waals surface area contributed by atoms with Gasteiger partial charge in [0.15, 0.2) is 0 Å². The third kappa shape index (κ3) is 2.99. The van der Waals surface area contributed by atoms with Crippen molar-refractivity contribution < 1.29 is 4.79 Å². The lowest BCUT2D eigenvalue weighted by Crippen LogP contribution is -2.26. The molecule has 0 aliphatic carbocycles. The van der Waals surface area contributed by atoms with Gasteiger partial charge in [-0.25, -0.2) is 0 Å². The van der Waals surface area contributed by atoms with Crippen molar-refractivity contribution in [1.82, 2.24) is 24.9 Å². The number of hydrogen-bond donors (Lipinski definition) is 1. The molecule has 2 heterocycles. The molecule has 2 aromatic rings. The minimum atomic E-state index is -0.0968. The maximum absolute atomic E-state index is 12.3. The minimum Gasteiger partial charge on any atom is -0.346 e. The number of hydrogen-bond acceptors (Lipinski definition) is 3. The average molecular weight is 289 g/mol. The Hall–Kier alpha value is -2.11. The summed E-state index contributed by atoms with van der Waals surface area (Å²) in [5.74, 6) is -0.0968. The largest absolute Gasteiger partial charge is 0.346 e. The lowest BCUT2D eigenvalue weighted by Gasteiger charge is -2.07. The van der Waals surface area contributed by atoms with Gasteiger partial charge in [-0.2, -0.15) is 10.2 Å². The third-order valence-electron chi connectivity index (χ3n) is 3.69. The van der Waals surface area contributed by atoms with Crippen molar-refractivity contribution in [3.05, 3.63) is 34.4 Å². The summed E-state index contributed by atoms with van der Waals surface area (Å²) in [7, 11) is 0. The highest BCUT2D eigenvalue weighted by molar-refractivity contribution is 5.92. The summed E-state index contributed by atoms with van der Waals surface area (Å²) < 4.78 is 3.68. The van der Waals surface area contributed by atoms with E-state index in [0.717, 1.165) is 29.2 Å². The van der Waals surface area contributed by atoms with Crippen LogP contribution in [-0.4, -0.2) is 25.5 Å². The summed E-state index contributed by atoms with van der Waals surface area (Å²) in [5, 5.41) is 11.7. The molecular formula is C15H23N5O. The second kappa shape index (κ2) is 6.11. The Morgan fingerprint density at radius 2 is 1.81 bits per heavy atom. The van der Waals surface area contributed by atoms with Crippen molar-refractivity contribution in [3.63, 3.8) is 0 Å². The lowest BCUT2D eigenvalue weighted by molar-refractivity contribution is 0.0940. The second-order valence-electron chi connectivity index (χ2n) is 5.13. The molecule has 1 N–H and O–H groups in total. The van der Waals surface area contributed by atoms with Gasteiger partial charge >= 0.3 is 0 Å². The van der Waals surface area contributed by atoms with E-state index in [-0.39, 0.29) is 5.91 Å². The van der Waals surface area contributed by atoms with Gasteiger partial charge < -0.3 is 5.32 Å². The lowest BCUT2D eigenvalue weighted by atomic mass is 10.2. The summed E-state index contributed by atoms with van der Waals surface area (Å²) in [6.07, 6.45) is 0. The van der Waals surface area contributed by atoms with Gasteiger partial charge in [0.05, 0.1) is 11.4 Å². The Bertz CT molecular complexity index is 653. The van der Waals surface area contributed by atoms with Crippen LogP contribution in [0.3, 0.4) is 0 Å². The standard InChI is InChI=1S/C15H23N5O/c1-6-19-12(5)13(11(4)18-19)9-16-15(21)14-8-10(3)17-20(14)7-2/h8H,6-7,9H2,1-5H3,(H,16,21). The predicted octanol–water partition coefficient (Wildman–Crippen LogP) is 1.97. The summed E-state index contributed by atoms with van der Waals surface area (Å²) >= 11 is 0. The molecule has 0 unspecified atom stereocenters. The maximum Gasteiger partial charge on any atom is 0.269 e.